The molecule has 1 N–H and O–H groups in total. The van der Waals surface area contributed by atoms with E-state index in [4.69, 9.17) is 0 Å². The fraction of sp³-hybridized carbons (Fsp3) is 0.538. The van der Waals surface area contributed by atoms with Crippen LogP contribution in [0.1, 0.15) is 30.0 Å². The summed E-state index contributed by atoms with van der Waals surface area (Å²) in [6.45, 7) is 5.03. The van der Waals surface area contributed by atoms with Gasteiger partial charge in [0.15, 0.2) is 0 Å². The Hall–Kier alpha value is -1.14. The third kappa shape index (κ3) is 3.06. The maximum atomic E-state index is 4.45. The van der Waals surface area contributed by atoms with Crippen LogP contribution in [-0.2, 0) is 20.5 Å². The molecule has 0 aromatic carbocycles. The molecule has 1 atom stereocenters. The van der Waals surface area contributed by atoms with Gasteiger partial charge in [-0.1, -0.05) is 6.92 Å². The number of imidazole rings is 1. The molecule has 0 bridgehead atoms. The normalized spacial score (nSPS) is 12.9. The second-order valence-electron chi connectivity index (χ2n) is 4.75. The van der Waals surface area contributed by atoms with Gasteiger partial charge >= 0.3 is 0 Å². The molecule has 104 valence electrons. The van der Waals surface area contributed by atoms with Gasteiger partial charge in [0.05, 0.1) is 33.9 Å². The van der Waals surface area contributed by atoms with Gasteiger partial charge in [0.25, 0.3) is 0 Å². The summed E-state index contributed by atoms with van der Waals surface area (Å²) < 4.78 is 5.00. The molecule has 0 aliphatic carbocycles. The van der Waals surface area contributed by atoms with Crippen molar-refractivity contribution in [1.29, 1.82) is 0 Å². The molecule has 0 radical (unpaired) electrons. The van der Waals surface area contributed by atoms with Crippen LogP contribution in [0.4, 0.5) is 0 Å². The predicted octanol–water partition coefficient (Wildman–Crippen LogP) is 2.12. The first-order chi connectivity index (χ1) is 9.02. The Bertz CT molecular complexity index is 557. The molecular weight excluding hydrogens is 306 g/mol. The van der Waals surface area contributed by atoms with E-state index in [-0.39, 0.29) is 6.04 Å². The summed E-state index contributed by atoms with van der Waals surface area (Å²) in [5.41, 5.74) is 3.28. The highest BCUT2D eigenvalue weighted by Gasteiger charge is 2.19. The van der Waals surface area contributed by atoms with Crippen molar-refractivity contribution in [2.45, 2.75) is 26.3 Å². The Morgan fingerprint density at radius 1 is 1.42 bits per heavy atom. The van der Waals surface area contributed by atoms with Gasteiger partial charge in [0.2, 0.25) is 0 Å². The molecule has 0 aliphatic rings. The van der Waals surface area contributed by atoms with Crippen molar-refractivity contribution in [1.82, 2.24) is 24.6 Å². The fourth-order valence-corrected chi connectivity index (χ4v) is 2.73. The molecule has 0 amide bonds. The Morgan fingerprint density at radius 3 is 2.63 bits per heavy atom. The predicted molar refractivity (Wildman–Crippen MR) is 79.0 cm³/mol. The van der Waals surface area contributed by atoms with Gasteiger partial charge in [0, 0.05) is 26.7 Å². The quantitative estimate of drug-likeness (QED) is 0.916. The zero-order chi connectivity index (χ0) is 14.0. The maximum absolute atomic E-state index is 4.45. The van der Waals surface area contributed by atoms with Crippen LogP contribution in [-0.4, -0.2) is 25.9 Å². The minimum Gasteiger partial charge on any atom is -0.340 e. The average Bonchev–Trinajstić information content (AvgIpc) is 2.88. The summed E-state index contributed by atoms with van der Waals surface area (Å²) in [4.78, 5) is 4.45. The molecule has 0 spiro atoms. The van der Waals surface area contributed by atoms with Crippen LogP contribution in [0.3, 0.4) is 0 Å². The number of hydrogen-bond donors (Lipinski definition) is 1. The van der Waals surface area contributed by atoms with Crippen molar-refractivity contribution in [2.24, 2.45) is 14.1 Å². The minimum absolute atomic E-state index is 0.206. The highest BCUT2D eigenvalue weighted by molar-refractivity contribution is 9.10. The molecule has 6 heteroatoms. The van der Waals surface area contributed by atoms with Crippen LogP contribution in [0.25, 0.3) is 0 Å². The van der Waals surface area contributed by atoms with Gasteiger partial charge < -0.3 is 9.88 Å². The van der Waals surface area contributed by atoms with Crippen LogP contribution in [0, 0.1) is 6.92 Å². The number of halogens is 1. The van der Waals surface area contributed by atoms with E-state index in [1.165, 1.54) is 5.69 Å². The number of aromatic nitrogens is 4. The molecule has 0 aliphatic heterocycles. The summed E-state index contributed by atoms with van der Waals surface area (Å²) in [7, 11) is 3.97. The largest absolute Gasteiger partial charge is 0.340 e. The number of nitrogens with zero attached hydrogens (tertiary/aromatic N) is 4. The van der Waals surface area contributed by atoms with Crippen molar-refractivity contribution < 1.29 is 0 Å². The van der Waals surface area contributed by atoms with Gasteiger partial charge in [-0.25, -0.2) is 4.98 Å². The summed E-state index contributed by atoms with van der Waals surface area (Å²) in [5.74, 6) is 0. The van der Waals surface area contributed by atoms with Gasteiger partial charge in [-0.2, -0.15) is 5.10 Å². The molecule has 2 rings (SSSR count). The van der Waals surface area contributed by atoms with E-state index in [1.54, 1.807) is 0 Å². The third-order valence-corrected chi connectivity index (χ3v) is 4.22. The van der Waals surface area contributed by atoms with Crippen LogP contribution < -0.4 is 5.32 Å². The molecule has 0 saturated carbocycles. The van der Waals surface area contributed by atoms with Crippen LogP contribution >= 0.6 is 15.9 Å². The number of likely N-dealkylation sites (N-methyl/N-ethyl adjacent to an activating group) is 1. The number of aryl methyl sites for hydroxylation is 3. The smallest absolute Gasteiger partial charge is 0.0947 e. The van der Waals surface area contributed by atoms with E-state index in [1.807, 2.05) is 36.6 Å². The maximum Gasteiger partial charge on any atom is 0.0947 e. The third-order valence-electron chi connectivity index (χ3n) is 3.19. The van der Waals surface area contributed by atoms with E-state index in [2.05, 4.69) is 44.4 Å². The van der Waals surface area contributed by atoms with E-state index < -0.39 is 0 Å². The monoisotopic (exact) mass is 325 g/mol. The Kier molecular flexibility index (Phi) is 4.42. The zero-order valence-electron chi connectivity index (χ0n) is 11.8. The lowest BCUT2D eigenvalue weighted by Gasteiger charge is -2.16. The topological polar surface area (TPSA) is 47.7 Å². The van der Waals surface area contributed by atoms with E-state index >= 15 is 0 Å². The second kappa shape index (κ2) is 5.88. The van der Waals surface area contributed by atoms with Crippen molar-refractivity contribution in [3.8, 4) is 0 Å². The standard InChI is InChI=1S/C13H20BrN5/c1-5-15-10(11-7-18(3)8-16-11)6-12-13(14)9(2)17-19(12)4/h7-8,10,15H,5-6H2,1-4H3. The number of hydrogen-bond acceptors (Lipinski definition) is 3. The molecule has 2 aromatic heterocycles. The van der Waals surface area contributed by atoms with Crippen LogP contribution in [0.15, 0.2) is 17.0 Å². The van der Waals surface area contributed by atoms with Crippen LogP contribution in [0.5, 0.6) is 0 Å². The van der Waals surface area contributed by atoms with E-state index in [0.717, 1.165) is 28.8 Å². The summed E-state index contributed by atoms with van der Waals surface area (Å²) in [6.07, 6.45) is 4.76. The van der Waals surface area contributed by atoms with Gasteiger partial charge in [-0.3, -0.25) is 4.68 Å². The highest BCUT2D eigenvalue weighted by Crippen LogP contribution is 2.25. The Balaban J connectivity index is 2.26. The first-order valence-corrected chi connectivity index (χ1v) is 7.21. The first kappa shape index (κ1) is 14.3. The molecule has 19 heavy (non-hydrogen) atoms. The average molecular weight is 326 g/mol. The minimum atomic E-state index is 0.206. The lowest BCUT2D eigenvalue weighted by Crippen LogP contribution is -2.24. The van der Waals surface area contributed by atoms with E-state index in [9.17, 15) is 0 Å². The van der Waals surface area contributed by atoms with Gasteiger partial charge in [0.1, 0.15) is 0 Å². The Labute approximate surface area is 122 Å². The van der Waals surface area contributed by atoms with E-state index in [0.29, 0.717) is 0 Å². The second-order valence-corrected chi connectivity index (χ2v) is 5.54. The van der Waals surface area contributed by atoms with Gasteiger partial charge in [-0.05, 0) is 29.4 Å². The number of rotatable bonds is 5. The summed E-state index contributed by atoms with van der Waals surface area (Å²) >= 11 is 3.62. The summed E-state index contributed by atoms with van der Waals surface area (Å²) in [6, 6.07) is 0.206. The SMILES string of the molecule is CCNC(Cc1c(Br)c(C)nn1C)c1cn(C)cn1. The lowest BCUT2D eigenvalue weighted by atomic mass is 10.1. The lowest BCUT2D eigenvalue weighted by molar-refractivity contribution is 0.518. The molecule has 5 nitrogen and oxygen atoms in total. The Morgan fingerprint density at radius 2 is 2.16 bits per heavy atom. The molecule has 2 heterocycles. The summed E-state index contributed by atoms with van der Waals surface area (Å²) in [5, 5.41) is 7.93. The highest BCUT2D eigenvalue weighted by atomic mass is 79.9. The molecule has 2 aromatic rings. The van der Waals surface area contributed by atoms with Crippen molar-refractivity contribution in [3.05, 3.63) is 34.1 Å². The van der Waals surface area contributed by atoms with Gasteiger partial charge in [-0.15, -0.1) is 0 Å². The van der Waals surface area contributed by atoms with Crippen LogP contribution in [0.2, 0.25) is 0 Å². The molecule has 0 fully saturated rings. The van der Waals surface area contributed by atoms with Crippen molar-refractivity contribution in [2.75, 3.05) is 6.54 Å². The molecule has 0 saturated heterocycles. The molecule has 1 unspecified atom stereocenters. The first-order valence-electron chi connectivity index (χ1n) is 6.42. The number of nitrogens with one attached hydrogen (secondary N) is 1. The van der Waals surface area contributed by atoms with Crippen molar-refractivity contribution >= 4 is 15.9 Å². The van der Waals surface area contributed by atoms with Crippen molar-refractivity contribution in [3.63, 3.8) is 0 Å². The zero-order valence-corrected chi connectivity index (χ0v) is 13.4. The molecular formula is C13H20BrN5. The fourth-order valence-electron chi connectivity index (χ4n) is 2.24.